The molecular formula is C21H18FN5O4. The number of hydrogen-bond acceptors (Lipinski definition) is 6. The van der Waals surface area contributed by atoms with Crippen molar-refractivity contribution >= 4 is 29.0 Å². The number of rotatable bonds is 5. The molecule has 10 heteroatoms. The minimum atomic E-state index is -0.910. The van der Waals surface area contributed by atoms with Gasteiger partial charge in [-0.05, 0) is 55.5 Å². The minimum Gasteiger partial charge on any atom is -0.324 e. The van der Waals surface area contributed by atoms with Crippen LogP contribution in [0.5, 0.6) is 0 Å². The van der Waals surface area contributed by atoms with Crippen LogP contribution in [-0.4, -0.2) is 32.6 Å². The number of fused-ring (bicyclic) bond motifs is 1. The lowest BCUT2D eigenvalue weighted by molar-refractivity contribution is -0.117. The number of carbonyl (C=O) groups excluding carboxylic acids is 2. The molecule has 3 aromatic rings. The van der Waals surface area contributed by atoms with E-state index >= 15 is 0 Å². The van der Waals surface area contributed by atoms with Crippen LogP contribution in [0.1, 0.15) is 17.3 Å². The molecule has 0 bridgehead atoms. The van der Waals surface area contributed by atoms with E-state index in [1.165, 1.54) is 23.6 Å². The zero-order valence-electron chi connectivity index (χ0n) is 16.5. The van der Waals surface area contributed by atoms with Crippen molar-refractivity contribution < 1.29 is 14.0 Å². The molecule has 1 N–H and O–H groups in total. The second kappa shape index (κ2) is 7.98. The van der Waals surface area contributed by atoms with Gasteiger partial charge in [0.05, 0.1) is 0 Å². The van der Waals surface area contributed by atoms with Gasteiger partial charge < -0.3 is 10.2 Å². The first-order chi connectivity index (χ1) is 14.8. The van der Waals surface area contributed by atoms with Crippen molar-refractivity contribution in [2.45, 2.75) is 20.0 Å². The summed E-state index contributed by atoms with van der Waals surface area (Å²) >= 11 is 0. The molecule has 2 heterocycles. The Bertz CT molecular complexity index is 1280. The van der Waals surface area contributed by atoms with E-state index < -0.39 is 29.4 Å². The van der Waals surface area contributed by atoms with E-state index in [2.05, 4.69) is 10.4 Å². The van der Waals surface area contributed by atoms with Crippen LogP contribution < -0.4 is 21.3 Å². The number of carbonyl (C=O) groups is 2. The Morgan fingerprint density at radius 1 is 1.00 bits per heavy atom. The summed E-state index contributed by atoms with van der Waals surface area (Å²) in [4.78, 5) is 50.3. The smallest absolute Gasteiger partial charge is 0.324 e. The zero-order valence-corrected chi connectivity index (χ0v) is 16.5. The first kappa shape index (κ1) is 20.2. The first-order valence-electron chi connectivity index (χ1n) is 9.49. The third-order valence-electron chi connectivity index (χ3n) is 4.91. The molecule has 0 radical (unpaired) electrons. The van der Waals surface area contributed by atoms with Crippen molar-refractivity contribution in [3.8, 4) is 0 Å². The van der Waals surface area contributed by atoms with Crippen LogP contribution in [0.2, 0.25) is 0 Å². The molecule has 1 amide bonds. The molecule has 1 aliphatic rings. The van der Waals surface area contributed by atoms with Crippen molar-refractivity contribution in [1.82, 2.24) is 14.3 Å². The number of aromatic nitrogens is 3. The highest BCUT2D eigenvalue weighted by molar-refractivity contribution is 5.95. The van der Waals surface area contributed by atoms with Crippen molar-refractivity contribution in [3.05, 3.63) is 80.6 Å². The van der Waals surface area contributed by atoms with Gasteiger partial charge in [0.2, 0.25) is 11.9 Å². The largest absolute Gasteiger partial charge is 0.333 e. The maximum absolute atomic E-state index is 13.2. The molecular weight excluding hydrogens is 405 g/mol. The number of nitrogens with one attached hydrogen (secondary N) is 1. The topological polar surface area (TPSA) is 106 Å². The van der Waals surface area contributed by atoms with Crippen LogP contribution in [0.15, 0.2) is 58.1 Å². The molecule has 1 aliphatic heterocycles. The minimum absolute atomic E-state index is 0.0991. The van der Waals surface area contributed by atoms with Gasteiger partial charge in [0.1, 0.15) is 12.4 Å². The summed E-state index contributed by atoms with van der Waals surface area (Å²) in [6.45, 7) is 1.61. The fourth-order valence-electron chi connectivity index (χ4n) is 3.32. The molecule has 0 aliphatic carbocycles. The van der Waals surface area contributed by atoms with E-state index in [4.69, 9.17) is 0 Å². The highest BCUT2D eigenvalue weighted by atomic mass is 19.1. The highest BCUT2D eigenvalue weighted by Gasteiger charge is 2.26. The Kier molecular flexibility index (Phi) is 5.20. The van der Waals surface area contributed by atoms with Crippen molar-refractivity contribution in [2.75, 3.05) is 16.8 Å². The summed E-state index contributed by atoms with van der Waals surface area (Å²) in [5.74, 6) is -0.847. The molecule has 0 atom stereocenters. The molecule has 158 valence electrons. The molecule has 0 fully saturated rings. The van der Waals surface area contributed by atoms with E-state index in [1.807, 2.05) is 0 Å². The highest BCUT2D eigenvalue weighted by Crippen LogP contribution is 2.26. The Labute approximate surface area is 175 Å². The average Bonchev–Trinajstić information content (AvgIpc) is 3.16. The molecule has 9 nitrogen and oxygen atoms in total. The summed E-state index contributed by atoms with van der Waals surface area (Å²) in [7, 11) is 0. The summed E-state index contributed by atoms with van der Waals surface area (Å²) in [6.07, 6.45) is 0. The number of anilines is 3. The number of halogens is 1. The van der Waals surface area contributed by atoms with Crippen molar-refractivity contribution in [2.24, 2.45) is 0 Å². The third-order valence-corrected chi connectivity index (χ3v) is 4.91. The van der Waals surface area contributed by atoms with Gasteiger partial charge in [0, 0.05) is 30.0 Å². The predicted octanol–water partition coefficient (Wildman–Crippen LogP) is 1.54. The van der Waals surface area contributed by atoms with E-state index in [0.29, 0.717) is 23.5 Å². The lowest BCUT2D eigenvalue weighted by Gasteiger charge is -2.17. The predicted molar refractivity (Wildman–Crippen MR) is 111 cm³/mol. The van der Waals surface area contributed by atoms with Gasteiger partial charge in [-0.2, -0.15) is 0 Å². The van der Waals surface area contributed by atoms with E-state index in [1.54, 1.807) is 41.3 Å². The lowest BCUT2D eigenvalue weighted by Crippen LogP contribution is -2.44. The van der Waals surface area contributed by atoms with Gasteiger partial charge in [-0.25, -0.2) is 9.07 Å². The molecule has 0 saturated carbocycles. The van der Waals surface area contributed by atoms with Crippen LogP contribution in [0, 0.1) is 5.82 Å². The number of benzene rings is 2. The number of amides is 1. The standard InChI is InChI=1S/C21H18FN5O4/c1-13(28)14-2-6-16(7-3-14)23-18(29)12-27-20(31)19(30)26-11-10-25(21(26)24-27)17-8-4-15(22)5-9-17/h2-9H,10-12H2,1H3,(H,23,29). The van der Waals surface area contributed by atoms with E-state index in [9.17, 15) is 23.6 Å². The fourth-order valence-corrected chi connectivity index (χ4v) is 3.32. The maximum atomic E-state index is 13.2. The van der Waals surface area contributed by atoms with Gasteiger partial charge >= 0.3 is 11.1 Å². The van der Waals surface area contributed by atoms with Crippen molar-refractivity contribution in [1.29, 1.82) is 0 Å². The molecule has 0 saturated heterocycles. The number of ketones is 1. The monoisotopic (exact) mass is 423 g/mol. The van der Waals surface area contributed by atoms with Gasteiger partial charge in [-0.1, -0.05) is 0 Å². The zero-order chi connectivity index (χ0) is 22.1. The van der Waals surface area contributed by atoms with E-state index in [-0.39, 0.29) is 18.3 Å². The second-order valence-corrected chi connectivity index (χ2v) is 7.03. The summed E-state index contributed by atoms with van der Waals surface area (Å²) in [5.41, 5.74) is -0.142. The van der Waals surface area contributed by atoms with Gasteiger partial charge in [-0.3, -0.25) is 23.7 Å². The fraction of sp³-hybridized carbons (Fsp3) is 0.190. The molecule has 4 rings (SSSR count). The quantitative estimate of drug-likeness (QED) is 0.493. The van der Waals surface area contributed by atoms with Crippen LogP contribution >= 0.6 is 0 Å². The van der Waals surface area contributed by atoms with E-state index in [0.717, 1.165) is 4.68 Å². The summed E-state index contributed by atoms with van der Waals surface area (Å²) < 4.78 is 15.3. The van der Waals surface area contributed by atoms with Gasteiger partial charge in [0.15, 0.2) is 5.78 Å². The van der Waals surface area contributed by atoms with Crippen molar-refractivity contribution in [3.63, 3.8) is 0 Å². The van der Waals surface area contributed by atoms with Crippen LogP contribution in [-0.2, 0) is 17.9 Å². The van der Waals surface area contributed by atoms with Crippen LogP contribution in [0.3, 0.4) is 0 Å². The summed E-state index contributed by atoms with van der Waals surface area (Å²) in [5, 5.41) is 6.81. The second-order valence-electron chi connectivity index (χ2n) is 7.03. The SMILES string of the molecule is CC(=O)c1ccc(NC(=O)Cn2nc3n(c(=O)c2=O)CCN3c2ccc(F)cc2)cc1. The number of Topliss-reactive ketones (excluding diaryl/α,β-unsaturated/α-hetero) is 1. The Morgan fingerprint density at radius 3 is 2.32 bits per heavy atom. The molecule has 31 heavy (non-hydrogen) atoms. The first-order valence-corrected chi connectivity index (χ1v) is 9.49. The molecule has 2 aromatic carbocycles. The van der Waals surface area contributed by atoms with Crippen LogP contribution in [0.25, 0.3) is 0 Å². The molecule has 0 spiro atoms. The van der Waals surface area contributed by atoms with Crippen LogP contribution in [0.4, 0.5) is 21.7 Å². The maximum Gasteiger partial charge on any atom is 0.333 e. The Morgan fingerprint density at radius 2 is 1.68 bits per heavy atom. The number of nitrogens with zero attached hydrogens (tertiary/aromatic N) is 4. The third kappa shape index (κ3) is 4.00. The molecule has 0 unspecified atom stereocenters. The molecule has 1 aromatic heterocycles. The Balaban J connectivity index is 1.58. The Hall–Kier alpha value is -4.08. The summed E-state index contributed by atoms with van der Waals surface area (Å²) in [6, 6.07) is 12.0. The van der Waals surface area contributed by atoms with Gasteiger partial charge in [-0.15, -0.1) is 5.10 Å². The average molecular weight is 423 g/mol. The number of hydrogen-bond donors (Lipinski definition) is 1. The normalized spacial score (nSPS) is 12.5. The van der Waals surface area contributed by atoms with Gasteiger partial charge in [0.25, 0.3) is 0 Å². The lowest BCUT2D eigenvalue weighted by atomic mass is 10.1.